The maximum absolute atomic E-state index is 11.1. The molecule has 0 aliphatic carbocycles. The van der Waals surface area contributed by atoms with Gasteiger partial charge in [0.25, 0.3) is 5.88 Å². The van der Waals surface area contributed by atoms with E-state index in [4.69, 9.17) is 4.74 Å². The first-order chi connectivity index (χ1) is 9.11. The van der Waals surface area contributed by atoms with Crippen LogP contribution in [-0.4, -0.2) is 34.4 Å². The lowest BCUT2D eigenvalue weighted by Gasteiger charge is -2.08. The molecule has 0 atom stereocenters. The van der Waals surface area contributed by atoms with E-state index in [2.05, 4.69) is 17.3 Å². The molecule has 1 heterocycles. The van der Waals surface area contributed by atoms with Gasteiger partial charge in [-0.2, -0.15) is 5.10 Å². The van der Waals surface area contributed by atoms with Crippen molar-refractivity contribution < 1.29 is 9.66 Å². The zero-order chi connectivity index (χ0) is 14.3. The van der Waals surface area contributed by atoms with Crippen LogP contribution in [0.15, 0.2) is 0 Å². The van der Waals surface area contributed by atoms with Crippen LogP contribution in [0.5, 0.6) is 5.88 Å². The van der Waals surface area contributed by atoms with E-state index in [1.54, 1.807) is 11.6 Å². The second kappa shape index (κ2) is 7.73. The maximum Gasteiger partial charge on any atom is 0.353 e. The normalized spacial score (nSPS) is 10.7. The first-order valence-corrected chi connectivity index (χ1v) is 6.67. The van der Waals surface area contributed by atoms with E-state index in [-0.39, 0.29) is 11.6 Å². The number of hydrogen-bond donors (Lipinski definition) is 1. The monoisotopic (exact) mass is 270 g/mol. The van der Waals surface area contributed by atoms with Crippen molar-refractivity contribution in [2.75, 3.05) is 19.7 Å². The van der Waals surface area contributed by atoms with E-state index >= 15 is 0 Å². The number of nitrogens with zero attached hydrogens (tertiary/aromatic N) is 3. The van der Waals surface area contributed by atoms with Crippen molar-refractivity contribution in [2.24, 2.45) is 0 Å². The predicted octanol–water partition coefficient (Wildman–Crippen LogP) is 1.89. The van der Waals surface area contributed by atoms with Crippen molar-refractivity contribution in [2.45, 2.75) is 40.2 Å². The molecule has 7 nitrogen and oxygen atoms in total. The first-order valence-electron chi connectivity index (χ1n) is 6.67. The molecule has 1 N–H and O–H groups in total. The molecular formula is C12H22N4O3. The lowest BCUT2D eigenvalue weighted by Crippen LogP contribution is -2.22. The topological polar surface area (TPSA) is 82.2 Å². The standard InChI is InChI=1S/C12H22N4O3/c1-4-6-13-7-9-19-12-11(16(17)18)10(3)14-15(12)8-5-2/h13H,4-9H2,1-3H3. The zero-order valence-corrected chi connectivity index (χ0v) is 11.8. The number of aromatic nitrogens is 2. The summed E-state index contributed by atoms with van der Waals surface area (Å²) in [5.74, 6) is 0.266. The van der Waals surface area contributed by atoms with Crippen LogP contribution < -0.4 is 10.1 Å². The average Bonchev–Trinajstić information content (AvgIpc) is 2.66. The molecule has 0 spiro atoms. The van der Waals surface area contributed by atoms with Crippen LogP contribution in [0.3, 0.4) is 0 Å². The Morgan fingerprint density at radius 1 is 1.37 bits per heavy atom. The Kier molecular flexibility index (Phi) is 6.27. The Bertz CT molecular complexity index is 417. The molecule has 108 valence electrons. The van der Waals surface area contributed by atoms with Crippen molar-refractivity contribution in [3.8, 4) is 5.88 Å². The highest BCUT2D eigenvalue weighted by atomic mass is 16.6. The van der Waals surface area contributed by atoms with Crippen molar-refractivity contribution >= 4 is 5.69 Å². The number of nitro groups is 1. The van der Waals surface area contributed by atoms with Gasteiger partial charge in [-0.1, -0.05) is 13.8 Å². The molecular weight excluding hydrogens is 248 g/mol. The van der Waals surface area contributed by atoms with Crippen LogP contribution in [-0.2, 0) is 6.54 Å². The smallest absolute Gasteiger partial charge is 0.353 e. The number of nitrogens with one attached hydrogen (secondary N) is 1. The molecule has 0 unspecified atom stereocenters. The van der Waals surface area contributed by atoms with Gasteiger partial charge in [-0.15, -0.1) is 0 Å². The molecule has 1 aromatic rings. The summed E-state index contributed by atoms with van der Waals surface area (Å²) >= 11 is 0. The Balaban J connectivity index is 2.74. The number of rotatable bonds is 9. The van der Waals surface area contributed by atoms with Crippen LogP contribution in [0, 0.1) is 17.0 Å². The van der Waals surface area contributed by atoms with Crippen molar-refractivity contribution in [1.29, 1.82) is 0 Å². The molecule has 19 heavy (non-hydrogen) atoms. The zero-order valence-electron chi connectivity index (χ0n) is 11.8. The third-order valence-corrected chi connectivity index (χ3v) is 2.61. The summed E-state index contributed by atoms with van der Waals surface area (Å²) in [5.41, 5.74) is 0.374. The summed E-state index contributed by atoms with van der Waals surface area (Å²) in [7, 11) is 0. The fourth-order valence-electron chi connectivity index (χ4n) is 1.79. The van der Waals surface area contributed by atoms with Gasteiger partial charge in [-0.25, -0.2) is 4.68 Å². The quantitative estimate of drug-likeness (QED) is 0.421. The molecule has 0 bridgehead atoms. The summed E-state index contributed by atoms with van der Waals surface area (Å²) in [6.07, 6.45) is 1.90. The average molecular weight is 270 g/mol. The number of aryl methyl sites for hydroxylation is 2. The molecule has 0 aliphatic rings. The molecule has 1 aromatic heterocycles. The summed E-state index contributed by atoms with van der Waals surface area (Å²) < 4.78 is 7.12. The highest BCUT2D eigenvalue weighted by molar-refractivity contribution is 5.45. The van der Waals surface area contributed by atoms with Gasteiger partial charge in [0.15, 0.2) is 0 Å². The lowest BCUT2D eigenvalue weighted by atomic mass is 10.4. The maximum atomic E-state index is 11.1. The molecule has 0 saturated heterocycles. The van der Waals surface area contributed by atoms with Gasteiger partial charge in [0, 0.05) is 13.1 Å². The molecule has 0 saturated carbocycles. The molecule has 1 rings (SSSR count). The van der Waals surface area contributed by atoms with Crippen LogP contribution in [0.25, 0.3) is 0 Å². The van der Waals surface area contributed by atoms with Crippen molar-refractivity contribution in [1.82, 2.24) is 15.1 Å². The van der Waals surface area contributed by atoms with Crippen molar-refractivity contribution in [3.05, 3.63) is 15.8 Å². The first kappa shape index (κ1) is 15.4. The van der Waals surface area contributed by atoms with E-state index in [9.17, 15) is 10.1 Å². The minimum Gasteiger partial charge on any atom is -0.472 e. The Morgan fingerprint density at radius 3 is 2.68 bits per heavy atom. The number of hydrogen-bond acceptors (Lipinski definition) is 5. The van der Waals surface area contributed by atoms with Gasteiger partial charge in [0.05, 0.1) is 4.92 Å². The van der Waals surface area contributed by atoms with Gasteiger partial charge in [-0.05, 0) is 26.3 Å². The molecule has 0 aromatic carbocycles. The van der Waals surface area contributed by atoms with E-state index in [1.165, 1.54) is 0 Å². The Morgan fingerprint density at radius 2 is 2.11 bits per heavy atom. The van der Waals surface area contributed by atoms with Gasteiger partial charge >= 0.3 is 5.69 Å². The highest BCUT2D eigenvalue weighted by Crippen LogP contribution is 2.30. The second-order valence-electron chi connectivity index (χ2n) is 4.32. The third kappa shape index (κ3) is 4.20. The Labute approximate surface area is 113 Å². The summed E-state index contributed by atoms with van der Waals surface area (Å²) in [4.78, 5) is 10.6. The Hall–Kier alpha value is -1.63. The largest absolute Gasteiger partial charge is 0.472 e. The lowest BCUT2D eigenvalue weighted by molar-refractivity contribution is -0.386. The molecule has 0 fully saturated rings. The fraction of sp³-hybridized carbons (Fsp3) is 0.750. The molecule has 7 heteroatoms. The van der Waals surface area contributed by atoms with E-state index in [0.717, 1.165) is 19.4 Å². The molecule has 0 aliphatic heterocycles. The van der Waals surface area contributed by atoms with E-state index < -0.39 is 4.92 Å². The van der Waals surface area contributed by atoms with Crippen LogP contribution >= 0.6 is 0 Å². The van der Waals surface area contributed by atoms with Gasteiger partial charge in [0.2, 0.25) is 0 Å². The number of ether oxygens (including phenoxy) is 1. The molecule has 0 radical (unpaired) electrons. The summed E-state index contributed by atoms with van der Waals surface area (Å²) in [6.45, 7) is 8.31. The van der Waals surface area contributed by atoms with Crippen LogP contribution in [0.4, 0.5) is 5.69 Å². The SMILES string of the molecule is CCCNCCOc1c([N+](=O)[O-])c(C)nn1CCC. The summed E-state index contributed by atoms with van der Waals surface area (Å²) in [5, 5.41) is 18.4. The third-order valence-electron chi connectivity index (χ3n) is 2.61. The van der Waals surface area contributed by atoms with Gasteiger partial charge in [-0.3, -0.25) is 10.1 Å². The van der Waals surface area contributed by atoms with E-state index in [1.807, 2.05) is 6.92 Å². The summed E-state index contributed by atoms with van der Waals surface area (Å²) in [6, 6.07) is 0. The van der Waals surface area contributed by atoms with Crippen molar-refractivity contribution in [3.63, 3.8) is 0 Å². The van der Waals surface area contributed by atoms with Gasteiger partial charge in [0.1, 0.15) is 12.3 Å². The minimum atomic E-state index is -0.427. The molecule has 0 amide bonds. The van der Waals surface area contributed by atoms with Gasteiger partial charge < -0.3 is 10.1 Å². The predicted molar refractivity (Wildman–Crippen MR) is 72.6 cm³/mol. The highest BCUT2D eigenvalue weighted by Gasteiger charge is 2.26. The van der Waals surface area contributed by atoms with Crippen LogP contribution in [0.2, 0.25) is 0 Å². The minimum absolute atomic E-state index is 0.0241. The second-order valence-corrected chi connectivity index (χ2v) is 4.32. The fourth-order valence-corrected chi connectivity index (χ4v) is 1.79. The van der Waals surface area contributed by atoms with Crippen LogP contribution in [0.1, 0.15) is 32.4 Å². The van der Waals surface area contributed by atoms with E-state index in [0.29, 0.717) is 25.4 Å².